The smallest absolute Gasteiger partial charge is 0.408 e. The van der Waals surface area contributed by atoms with Crippen molar-refractivity contribution < 1.29 is 9.21 Å². The number of piperazine rings is 1. The van der Waals surface area contributed by atoms with Crippen LogP contribution in [0.4, 0.5) is 0 Å². The molecule has 1 fully saturated rings. The van der Waals surface area contributed by atoms with Gasteiger partial charge in [0.2, 0.25) is 5.91 Å². The van der Waals surface area contributed by atoms with Crippen LogP contribution in [0.1, 0.15) is 12.0 Å². The van der Waals surface area contributed by atoms with Crippen molar-refractivity contribution in [2.75, 3.05) is 39.3 Å². The van der Waals surface area contributed by atoms with Gasteiger partial charge in [0.25, 0.3) is 0 Å². The minimum Gasteiger partial charge on any atom is -0.408 e. The van der Waals surface area contributed by atoms with E-state index in [2.05, 4.69) is 45.4 Å². The van der Waals surface area contributed by atoms with Gasteiger partial charge in [-0.3, -0.25) is 14.3 Å². The van der Waals surface area contributed by atoms with Gasteiger partial charge in [-0.15, -0.1) is 0 Å². The van der Waals surface area contributed by atoms with Crippen LogP contribution >= 0.6 is 0 Å². The number of hydrogen-bond donors (Lipinski definition) is 1. The van der Waals surface area contributed by atoms with Gasteiger partial charge in [-0.25, -0.2) is 4.79 Å². The highest BCUT2D eigenvalue weighted by Crippen LogP contribution is 2.11. The Labute approximate surface area is 175 Å². The van der Waals surface area contributed by atoms with Crippen molar-refractivity contribution in [3.05, 3.63) is 70.7 Å². The first-order valence-corrected chi connectivity index (χ1v) is 10.5. The quantitative estimate of drug-likeness (QED) is 0.577. The Kier molecular flexibility index (Phi) is 6.61. The number of amides is 1. The molecule has 1 aliphatic heterocycles. The molecule has 1 amide bonds. The van der Waals surface area contributed by atoms with E-state index in [4.69, 9.17) is 4.42 Å². The van der Waals surface area contributed by atoms with Gasteiger partial charge in [0.15, 0.2) is 5.58 Å². The second-order valence-electron chi connectivity index (χ2n) is 7.73. The minimum atomic E-state index is -0.500. The first-order chi connectivity index (χ1) is 14.7. The third-order valence-electron chi connectivity index (χ3n) is 5.56. The van der Waals surface area contributed by atoms with E-state index in [1.165, 1.54) is 10.1 Å². The van der Waals surface area contributed by atoms with Gasteiger partial charge in [-0.05, 0) is 30.7 Å². The van der Waals surface area contributed by atoms with E-state index >= 15 is 0 Å². The van der Waals surface area contributed by atoms with Crippen molar-refractivity contribution in [2.45, 2.75) is 19.5 Å². The largest absolute Gasteiger partial charge is 0.420 e. The second-order valence-corrected chi connectivity index (χ2v) is 7.73. The van der Waals surface area contributed by atoms with Gasteiger partial charge in [0.1, 0.15) is 6.54 Å². The lowest BCUT2D eigenvalue weighted by Gasteiger charge is -2.34. The zero-order chi connectivity index (χ0) is 20.8. The standard InChI is InChI=1S/C23H28N4O3/c28-22(18-27-20-9-4-5-10-21(20)30-23(27)29)24-11-6-12-25-13-15-26(16-14-25)17-19-7-2-1-3-8-19/h1-5,7-10H,6,11-18H2,(H,24,28). The lowest BCUT2D eigenvalue weighted by atomic mass is 10.2. The molecule has 2 heterocycles. The molecule has 0 aliphatic carbocycles. The molecule has 0 spiro atoms. The summed E-state index contributed by atoms with van der Waals surface area (Å²) < 4.78 is 6.54. The average molecular weight is 409 g/mol. The van der Waals surface area contributed by atoms with Crippen LogP contribution in [0.3, 0.4) is 0 Å². The molecule has 0 radical (unpaired) electrons. The molecule has 30 heavy (non-hydrogen) atoms. The molecule has 7 heteroatoms. The first-order valence-electron chi connectivity index (χ1n) is 10.5. The number of fused-ring (bicyclic) bond motifs is 1. The predicted octanol–water partition coefficient (Wildman–Crippen LogP) is 1.92. The second kappa shape index (κ2) is 9.73. The molecule has 1 aromatic heterocycles. The molecule has 7 nitrogen and oxygen atoms in total. The van der Waals surface area contributed by atoms with Crippen LogP contribution in [-0.2, 0) is 17.9 Å². The van der Waals surface area contributed by atoms with Crippen LogP contribution in [0.5, 0.6) is 0 Å². The van der Waals surface area contributed by atoms with Crippen LogP contribution in [0, 0.1) is 0 Å². The number of para-hydroxylation sites is 2. The SMILES string of the molecule is O=C(Cn1c(=O)oc2ccccc21)NCCCN1CCN(Cc2ccccc2)CC1. The zero-order valence-electron chi connectivity index (χ0n) is 17.1. The highest BCUT2D eigenvalue weighted by molar-refractivity contribution is 5.79. The Balaban J connectivity index is 1.15. The number of carbonyl (C=O) groups excluding carboxylic acids is 1. The maximum absolute atomic E-state index is 12.2. The Morgan fingerprint density at radius 3 is 2.43 bits per heavy atom. The maximum Gasteiger partial charge on any atom is 0.420 e. The Hall–Kier alpha value is -2.90. The third-order valence-corrected chi connectivity index (χ3v) is 5.56. The predicted molar refractivity (Wildman–Crippen MR) is 116 cm³/mol. The molecule has 0 atom stereocenters. The number of carbonyl (C=O) groups is 1. The van der Waals surface area contributed by atoms with Crippen LogP contribution in [0.15, 0.2) is 63.8 Å². The maximum atomic E-state index is 12.2. The van der Waals surface area contributed by atoms with Gasteiger partial charge in [0, 0.05) is 39.3 Å². The summed E-state index contributed by atoms with van der Waals surface area (Å²) in [6.07, 6.45) is 0.894. The molecule has 158 valence electrons. The van der Waals surface area contributed by atoms with Gasteiger partial charge in [-0.1, -0.05) is 42.5 Å². The van der Waals surface area contributed by atoms with Crippen molar-refractivity contribution in [3.63, 3.8) is 0 Å². The molecule has 0 bridgehead atoms. The Morgan fingerprint density at radius 2 is 1.63 bits per heavy atom. The summed E-state index contributed by atoms with van der Waals surface area (Å²) >= 11 is 0. The number of benzene rings is 2. The molecule has 2 aromatic carbocycles. The fourth-order valence-corrected chi connectivity index (χ4v) is 3.91. The average Bonchev–Trinajstić information content (AvgIpc) is 3.08. The highest BCUT2D eigenvalue weighted by atomic mass is 16.4. The van der Waals surface area contributed by atoms with Crippen LogP contribution in [-0.4, -0.2) is 59.5 Å². The van der Waals surface area contributed by atoms with E-state index in [0.29, 0.717) is 17.6 Å². The van der Waals surface area contributed by atoms with E-state index in [-0.39, 0.29) is 12.5 Å². The Bertz CT molecular complexity index is 1020. The van der Waals surface area contributed by atoms with E-state index in [1.54, 1.807) is 18.2 Å². The fourth-order valence-electron chi connectivity index (χ4n) is 3.91. The van der Waals surface area contributed by atoms with Crippen molar-refractivity contribution in [2.24, 2.45) is 0 Å². The Morgan fingerprint density at radius 1 is 0.933 bits per heavy atom. The molecular weight excluding hydrogens is 380 g/mol. The number of rotatable bonds is 8. The molecule has 0 saturated carbocycles. The van der Waals surface area contributed by atoms with Crippen LogP contribution in [0.25, 0.3) is 11.1 Å². The number of hydrogen-bond acceptors (Lipinski definition) is 5. The third kappa shape index (κ3) is 5.17. The molecule has 4 rings (SSSR count). The van der Waals surface area contributed by atoms with E-state index in [9.17, 15) is 9.59 Å². The number of nitrogens with one attached hydrogen (secondary N) is 1. The summed E-state index contributed by atoms with van der Waals surface area (Å²) in [6.45, 7) is 6.80. The van der Waals surface area contributed by atoms with Gasteiger partial charge in [-0.2, -0.15) is 0 Å². The molecular formula is C23H28N4O3. The van der Waals surface area contributed by atoms with E-state index < -0.39 is 5.76 Å². The number of aromatic nitrogens is 1. The lowest BCUT2D eigenvalue weighted by Crippen LogP contribution is -2.46. The summed E-state index contributed by atoms with van der Waals surface area (Å²) in [4.78, 5) is 29.1. The first kappa shape index (κ1) is 20.4. The van der Waals surface area contributed by atoms with E-state index in [0.717, 1.165) is 45.7 Å². The molecule has 1 aliphatic rings. The van der Waals surface area contributed by atoms with Crippen molar-refractivity contribution in [1.29, 1.82) is 0 Å². The molecule has 0 unspecified atom stereocenters. The van der Waals surface area contributed by atoms with Gasteiger partial charge < -0.3 is 14.6 Å². The zero-order valence-corrected chi connectivity index (χ0v) is 17.1. The highest BCUT2D eigenvalue weighted by Gasteiger charge is 2.17. The lowest BCUT2D eigenvalue weighted by molar-refractivity contribution is -0.121. The molecule has 1 N–H and O–H groups in total. The summed E-state index contributed by atoms with van der Waals surface area (Å²) in [7, 11) is 0. The summed E-state index contributed by atoms with van der Waals surface area (Å²) in [5.41, 5.74) is 2.51. The summed E-state index contributed by atoms with van der Waals surface area (Å²) in [6, 6.07) is 17.7. The molecule has 1 saturated heterocycles. The van der Waals surface area contributed by atoms with Crippen molar-refractivity contribution in [1.82, 2.24) is 19.7 Å². The normalized spacial score (nSPS) is 15.5. The molecule has 3 aromatic rings. The van der Waals surface area contributed by atoms with E-state index in [1.807, 2.05) is 6.07 Å². The monoisotopic (exact) mass is 408 g/mol. The minimum absolute atomic E-state index is 0.0198. The van der Waals surface area contributed by atoms with Crippen molar-refractivity contribution in [3.8, 4) is 0 Å². The fraction of sp³-hybridized carbons (Fsp3) is 0.391. The van der Waals surface area contributed by atoms with Crippen molar-refractivity contribution >= 4 is 17.0 Å². The summed E-state index contributed by atoms with van der Waals surface area (Å²) in [5, 5.41) is 2.92. The number of nitrogens with zero attached hydrogens (tertiary/aromatic N) is 3. The number of oxazole rings is 1. The van der Waals surface area contributed by atoms with Crippen LogP contribution < -0.4 is 11.1 Å². The van der Waals surface area contributed by atoms with Crippen LogP contribution in [0.2, 0.25) is 0 Å². The summed E-state index contributed by atoms with van der Waals surface area (Å²) in [5.74, 6) is -0.670. The van der Waals surface area contributed by atoms with Gasteiger partial charge >= 0.3 is 5.76 Å². The topological polar surface area (TPSA) is 70.7 Å². The van der Waals surface area contributed by atoms with Gasteiger partial charge in [0.05, 0.1) is 5.52 Å².